The Morgan fingerprint density at radius 3 is 2.13 bits per heavy atom. The highest BCUT2D eigenvalue weighted by molar-refractivity contribution is 6.00. The van der Waals surface area contributed by atoms with Gasteiger partial charge in [0.2, 0.25) is 0 Å². The first-order valence-electron chi connectivity index (χ1n) is 13.6. The fraction of sp³-hybridized carbons (Fsp3) is 0.548. The van der Waals surface area contributed by atoms with Crippen LogP contribution in [0.3, 0.4) is 0 Å². The normalized spacial score (nSPS) is 17.4. The van der Waals surface area contributed by atoms with Crippen LogP contribution in [0.25, 0.3) is 0 Å². The first-order chi connectivity index (χ1) is 18.0. The average Bonchev–Trinajstić information content (AvgIpc) is 2.82. The first kappa shape index (κ1) is 28.7. The van der Waals surface area contributed by atoms with Crippen molar-refractivity contribution in [3.8, 4) is 5.75 Å². The summed E-state index contributed by atoms with van der Waals surface area (Å²) >= 11 is 0. The van der Waals surface area contributed by atoms with Crippen LogP contribution in [0, 0.1) is 0 Å². The van der Waals surface area contributed by atoms with Crippen LogP contribution in [0.5, 0.6) is 5.75 Å². The van der Waals surface area contributed by atoms with E-state index in [4.69, 9.17) is 9.47 Å². The number of carbonyl (C=O) groups is 2. The molecule has 1 fully saturated rings. The van der Waals surface area contributed by atoms with Crippen molar-refractivity contribution >= 4 is 23.6 Å². The molecule has 39 heavy (non-hydrogen) atoms. The number of anilines is 2. The lowest BCUT2D eigenvalue weighted by atomic mass is 9.66. The van der Waals surface area contributed by atoms with Gasteiger partial charge in [-0.1, -0.05) is 46.8 Å². The Labute approximate surface area is 232 Å². The molecule has 1 N–H and O–H groups in total. The molecule has 0 bridgehead atoms. The molecule has 0 radical (unpaired) electrons. The van der Waals surface area contributed by atoms with Gasteiger partial charge in [-0.3, -0.25) is 4.90 Å². The third-order valence-corrected chi connectivity index (χ3v) is 7.61. The Morgan fingerprint density at radius 1 is 0.949 bits per heavy atom. The number of hydrogen-bond acceptors (Lipinski definition) is 5. The Morgan fingerprint density at radius 2 is 1.59 bits per heavy atom. The quantitative estimate of drug-likeness (QED) is 0.481. The maximum Gasteiger partial charge on any atom is 0.416 e. The van der Waals surface area contributed by atoms with Crippen molar-refractivity contribution < 1.29 is 24.2 Å². The molecular formula is C31H43N3O5. The SMILES string of the molecule is COc1ccc2c(c1)N(C(=O)O)c1ccc(CN3CCN(C(=O)OC(C)(C)C)CC3)c(C(C)(C)C)c1C2(C)C. The van der Waals surface area contributed by atoms with E-state index >= 15 is 0 Å². The third-order valence-electron chi connectivity index (χ3n) is 7.61. The van der Waals surface area contributed by atoms with Gasteiger partial charge in [-0.15, -0.1) is 0 Å². The number of ether oxygens (including phenoxy) is 2. The van der Waals surface area contributed by atoms with Gasteiger partial charge < -0.3 is 19.5 Å². The zero-order valence-electron chi connectivity index (χ0n) is 24.8. The van der Waals surface area contributed by atoms with Crippen molar-refractivity contribution in [2.75, 3.05) is 38.2 Å². The molecule has 0 unspecified atom stereocenters. The smallest absolute Gasteiger partial charge is 0.416 e. The van der Waals surface area contributed by atoms with Crippen molar-refractivity contribution in [3.05, 3.63) is 52.6 Å². The second-order valence-corrected chi connectivity index (χ2v) is 13.1. The van der Waals surface area contributed by atoms with Crippen LogP contribution in [-0.4, -0.2) is 66.0 Å². The van der Waals surface area contributed by atoms with Gasteiger partial charge in [-0.05, 0) is 60.6 Å². The minimum Gasteiger partial charge on any atom is -0.497 e. The molecule has 1 saturated heterocycles. The van der Waals surface area contributed by atoms with Gasteiger partial charge in [0.25, 0.3) is 0 Å². The summed E-state index contributed by atoms with van der Waals surface area (Å²) in [5.41, 5.74) is 4.49. The highest BCUT2D eigenvalue weighted by Gasteiger charge is 2.43. The molecule has 2 heterocycles. The largest absolute Gasteiger partial charge is 0.497 e. The van der Waals surface area contributed by atoms with Crippen molar-refractivity contribution in [2.24, 2.45) is 0 Å². The zero-order valence-corrected chi connectivity index (χ0v) is 24.8. The molecule has 212 valence electrons. The highest BCUT2D eigenvalue weighted by Crippen LogP contribution is 2.53. The number of fused-ring (bicyclic) bond motifs is 2. The summed E-state index contributed by atoms with van der Waals surface area (Å²) in [4.78, 5) is 30.7. The van der Waals surface area contributed by atoms with E-state index in [1.165, 1.54) is 16.0 Å². The van der Waals surface area contributed by atoms with Crippen LogP contribution in [0.2, 0.25) is 0 Å². The fourth-order valence-corrected chi connectivity index (χ4v) is 5.92. The van der Waals surface area contributed by atoms with Crippen molar-refractivity contribution in [2.45, 2.75) is 78.4 Å². The number of rotatable bonds is 3. The number of carboxylic acid groups (broad SMARTS) is 1. The van der Waals surface area contributed by atoms with Gasteiger partial charge in [0.1, 0.15) is 11.4 Å². The molecule has 2 aromatic rings. The Balaban J connectivity index is 1.72. The molecule has 2 aliphatic heterocycles. The van der Waals surface area contributed by atoms with Crippen LogP contribution in [0.1, 0.15) is 77.6 Å². The molecule has 2 amide bonds. The number of methoxy groups -OCH3 is 1. The third kappa shape index (κ3) is 5.57. The number of carbonyl (C=O) groups excluding carboxylic acids is 1. The van der Waals surface area contributed by atoms with E-state index in [0.717, 1.165) is 30.8 Å². The van der Waals surface area contributed by atoms with E-state index in [-0.39, 0.29) is 11.5 Å². The molecule has 0 saturated carbocycles. The van der Waals surface area contributed by atoms with Gasteiger partial charge in [0.15, 0.2) is 0 Å². The maximum absolute atomic E-state index is 12.7. The second-order valence-electron chi connectivity index (χ2n) is 13.1. The highest BCUT2D eigenvalue weighted by atomic mass is 16.6. The zero-order chi connectivity index (χ0) is 28.9. The molecule has 0 spiro atoms. The van der Waals surface area contributed by atoms with Gasteiger partial charge in [-0.25, -0.2) is 14.5 Å². The van der Waals surface area contributed by atoms with E-state index in [2.05, 4.69) is 45.6 Å². The standard InChI is InChI=1S/C31H43N3O5/c1-29(2,3)25-20(19-32-14-16-33(17-15-32)28(37)39-30(4,5)6)10-13-23-26(25)31(7,8)22-12-11-21(38-9)18-24(22)34(23)27(35)36/h10-13,18H,14-17,19H2,1-9H3,(H,35,36). The summed E-state index contributed by atoms with van der Waals surface area (Å²) in [7, 11) is 1.59. The average molecular weight is 538 g/mol. The number of amides is 2. The molecule has 0 aliphatic carbocycles. The number of benzene rings is 2. The van der Waals surface area contributed by atoms with Crippen LogP contribution < -0.4 is 9.64 Å². The van der Waals surface area contributed by atoms with Gasteiger partial charge in [0, 0.05) is 44.2 Å². The molecule has 2 aliphatic rings. The second kappa shape index (κ2) is 10.0. The summed E-state index contributed by atoms with van der Waals surface area (Å²) in [5.74, 6) is 0.623. The Hall–Kier alpha value is -3.26. The fourth-order valence-electron chi connectivity index (χ4n) is 5.92. The lowest BCUT2D eigenvalue weighted by molar-refractivity contribution is 0.0138. The van der Waals surface area contributed by atoms with E-state index in [0.29, 0.717) is 30.2 Å². The predicted octanol–water partition coefficient (Wildman–Crippen LogP) is 6.50. The van der Waals surface area contributed by atoms with Gasteiger partial charge >= 0.3 is 12.2 Å². The van der Waals surface area contributed by atoms with E-state index in [1.807, 2.05) is 45.0 Å². The predicted molar refractivity (Wildman–Crippen MR) is 154 cm³/mol. The Kier molecular flexibility index (Phi) is 7.40. The molecule has 2 aromatic carbocycles. The summed E-state index contributed by atoms with van der Waals surface area (Å²) in [5, 5.41) is 10.4. The van der Waals surface area contributed by atoms with Crippen LogP contribution in [0.15, 0.2) is 30.3 Å². The summed E-state index contributed by atoms with van der Waals surface area (Å²) in [6, 6.07) is 9.73. The number of nitrogens with zero attached hydrogens (tertiary/aromatic N) is 3. The van der Waals surface area contributed by atoms with E-state index < -0.39 is 17.1 Å². The molecule has 8 heteroatoms. The first-order valence-corrected chi connectivity index (χ1v) is 13.6. The lowest BCUT2D eigenvalue weighted by Crippen LogP contribution is -2.49. The molecule has 0 aromatic heterocycles. The topological polar surface area (TPSA) is 82.5 Å². The minimum atomic E-state index is -1.02. The van der Waals surface area contributed by atoms with E-state index in [1.54, 1.807) is 12.0 Å². The Bertz CT molecular complexity index is 1260. The molecule has 8 nitrogen and oxygen atoms in total. The van der Waals surface area contributed by atoms with Crippen molar-refractivity contribution in [1.82, 2.24) is 9.80 Å². The molecule has 0 atom stereocenters. The maximum atomic E-state index is 12.7. The summed E-state index contributed by atoms with van der Waals surface area (Å²) < 4.78 is 11.0. The van der Waals surface area contributed by atoms with Crippen LogP contribution in [-0.2, 0) is 22.1 Å². The monoisotopic (exact) mass is 537 g/mol. The van der Waals surface area contributed by atoms with Crippen LogP contribution >= 0.6 is 0 Å². The van der Waals surface area contributed by atoms with Gasteiger partial charge in [-0.2, -0.15) is 0 Å². The van der Waals surface area contributed by atoms with Crippen LogP contribution in [0.4, 0.5) is 21.0 Å². The summed E-state index contributed by atoms with van der Waals surface area (Å²) in [6.45, 7) is 20.0. The van der Waals surface area contributed by atoms with Crippen molar-refractivity contribution in [3.63, 3.8) is 0 Å². The molecule has 4 rings (SSSR count). The number of hydrogen-bond donors (Lipinski definition) is 1. The van der Waals surface area contributed by atoms with E-state index in [9.17, 15) is 14.7 Å². The molecular weight excluding hydrogens is 494 g/mol. The minimum absolute atomic E-state index is 0.232. The number of piperazine rings is 1. The summed E-state index contributed by atoms with van der Waals surface area (Å²) in [6.07, 6.45) is -1.29. The van der Waals surface area contributed by atoms with Crippen molar-refractivity contribution in [1.29, 1.82) is 0 Å². The lowest BCUT2D eigenvalue weighted by Gasteiger charge is -2.44. The van der Waals surface area contributed by atoms with Gasteiger partial charge in [0.05, 0.1) is 18.5 Å².